The summed E-state index contributed by atoms with van der Waals surface area (Å²) in [7, 11) is 2.14. The van der Waals surface area contributed by atoms with E-state index in [9.17, 15) is 0 Å². The molecule has 1 aliphatic heterocycles. The molecule has 0 aromatic heterocycles. The van der Waals surface area contributed by atoms with Crippen LogP contribution in [0.1, 0.15) is 12.8 Å². The van der Waals surface area contributed by atoms with Gasteiger partial charge in [-0.1, -0.05) is 0 Å². The largest absolute Gasteiger partial charge is 0.305 e. The minimum absolute atomic E-state index is 0.448. The van der Waals surface area contributed by atoms with Crippen molar-refractivity contribution in [1.82, 2.24) is 4.90 Å². The molecule has 0 spiro atoms. The highest BCUT2D eigenvalue weighted by Crippen LogP contribution is 2.59. The zero-order valence-electron chi connectivity index (χ0n) is 6.30. The van der Waals surface area contributed by atoms with Gasteiger partial charge in [0.15, 0.2) is 0 Å². The molecule has 10 heavy (non-hydrogen) atoms. The van der Waals surface area contributed by atoms with Gasteiger partial charge in [-0.25, -0.2) is 0 Å². The smallest absolute Gasteiger partial charge is 0.0628 e. The molecule has 0 aromatic carbocycles. The van der Waals surface area contributed by atoms with E-state index in [1.807, 2.05) is 0 Å². The van der Waals surface area contributed by atoms with E-state index in [1.54, 1.807) is 0 Å². The summed E-state index contributed by atoms with van der Waals surface area (Å²) in [5.74, 6) is 0.858. The summed E-state index contributed by atoms with van der Waals surface area (Å²) in [6, 6.07) is 2.29. The van der Waals surface area contributed by atoms with Gasteiger partial charge in [-0.05, 0) is 19.4 Å². The number of nitriles is 1. The SMILES string of the molecule is CN1CC2CC2(CC#N)C1. The zero-order valence-corrected chi connectivity index (χ0v) is 6.30. The van der Waals surface area contributed by atoms with Gasteiger partial charge in [0.05, 0.1) is 6.07 Å². The Balaban J connectivity index is 2.03. The van der Waals surface area contributed by atoms with E-state index in [1.165, 1.54) is 13.0 Å². The monoisotopic (exact) mass is 136 g/mol. The van der Waals surface area contributed by atoms with E-state index in [0.717, 1.165) is 18.9 Å². The molecule has 2 unspecified atom stereocenters. The Morgan fingerprint density at radius 1 is 1.80 bits per heavy atom. The lowest BCUT2D eigenvalue weighted by Gasteiger charge is -2.12. The van der Waals surface area contributed by atoms with Gasteiger partial charge < -0.3 is 4.90 Å². The van der Waals surface area contributed by atoms with Gasteiger partial charge in [-0.2, -0.15) is 5.26 Å². The Morgan fingerprint density at radius 3 is 3.10 bits per heavy atom. The quantitative estimate of drug-likeness (QED) is 0.534. The fraction of sp³-hybridized carbons (Fsp3) is 0.875. The standard InChI is InChI=1S/C8H12N2/c1-10-5-7-4-8(7,6-10)2-3-9/h7H,2,4-6H2,1H3. The zero-order chi connectivity index (χ0) is 7.19. The normalized spacial score (nSPS) is 44.6. The molecule has 2 atom stereocenters. The highest BCUT2D eigenvalue weighted by molar-refractivity contribution is 5.12. The minimum atomic E-state index is 0.448. The third kappa shape index (κ3) is 0.674. The Bertz CT molecular complexity index is 194. The predicted molar refractivity (Wildman–Crippen MR) is 38.3 cm³/mol. The van der Waals surface area contributed by atoms with E-state index in [0.29, 0.717) is 5.41 Å². The molecule has 0 bridgehead atoms. The summed E-state index contributed by atoms with van der Waals surface area (Å²) in [6.45, 7) is 2.38. The van der Waals surface area contributed by atoms with Crippen LogP contribution in [0.2, 0.25) is 0 Å². The molecule has 1 heterocycles. The van der Waals surface area contributed by atoms with Gasteiger partial charge in [0.25, 0.3) is 0 Å². The molecule has 2 rings (SSSR count). The lowest BCUT2D eigenvalue weighted by atomic mass is 10.0. The fourth-order valence-electron chi connectivity index (χ4n) is 2.29. The molecular formula is C8H12N2. The number of likely N-dealkylation sites (tertiary alicyclic amines) is 1. The number of hydrogen-bond acceptors (Lipinski definition) is 2. The van der Waals surface area contributed by atoms with Crippen LogP contribution in [-0.4, -0.2) is 25.0 Å². The number of fused-ring (bicyclic) bond motifs is 1. The molecule has 0 aromatic rings. The molecule has 0 amide bonds. The summed E-state index contributed by atoms with van der Waals surface area (Å²) >= 11 is 0. The van der Waals surface area contributed by atoms with Gasteiger partial charge in [-0.3, -0.25) is 0 Å². The van der Waals surface area contributed by atoms with Gasteiger partial charge in [-0.15, -0.1) is 0 Å². The molecular weight excluding hydrogens is 124 g/mol. The second kappa shape index (κ2) is 1.73. The molecule has 2 aliphatic rings. The van der Waals surface area contributed by atoms with Crippen LogP contribution in [0.3, 0.4) is 0 Å². The Labute approximate surface area is 61.4 Å². The highest BCUT2D eigenvalue weighted by atomic mass is 15.2. The van der Waals surface area contributed by atoms with Crippen LogP contribution in [-0.2, 0) is 0 Å². The van der Waals surface area contributed by atoms with Crippen LogP contribution >= 0.6 is 0 Å². The average molecular weight is 136 g/mol. The first-order valence-electron chi connectivity index (χ1n) is 3.82. The molecule has 1 saturated heterocycles. The van der Waals surface area contributed by atoms with Gasteiger partial charge in [0.2, 0.25) is 0 Å². The highest BCUT2D eigenvalue weighted by Gasteiger charge is 2.58. The molecule has 2 nitrogen and oxygen atoms in total. The second-order valence-corrected chi connectivity index (χ2v) is 3.80. The topological polar surface area (TPSA) is 27.0 Å². The average Bonchev–Trinajstić information content (AvgIpc) is 2.36. The van der Waals surface area contributed by atoms with Crippen LogP contribution in [0.5, 0.6) is 0 Å². The fourth-order valence-corrected chi connectivity index (χ4v) is 2.29. The van der Waals surface area contributed by atoms with Crippen molar-refractivity contribution in [2.75, 3.05) is 20.1 Å². The molecule has 54 valence electrons. The van der Waals surface area contributed by atoms with Crippen LogP contribution in [0.4, 0.5) is 0 Å². The maximum atomic E-state index is 8.54. The Hall–Kier alpha value is -0.550. The summed E-state index contributed by atoms with van der Waals surface area (Å²) in [4.78, 5) is 2.34. The first-order chi connectivity index (χ1) is 4.77. The van der Waals surface area contributed by atoms with Crippen molar-refractivity contribution in [2.24, 2.45) is 11.3 Å². The van der Waals surface area contributed by atoms with E-state index in [2.05, 4.69) is 18.0 Å². The molecule has 0 N–H and O–H groups in total. The van der Waals surface area contributed by atoms with Crippen molar-refractivity contribution in [3.05, 3.63) is 0 Å². The first-order valence-corrected chi connectivity index (χ1v) is 3.82. The molecule has 0 radical (unpaired) electrons. The summed E-state index contributed by atoms with van der Waals surface area (Å²) in [5, 5.41) is 8.54. The van der Waals surface area contributed by atoms with Crippen molar-refractivity contribution in [1.29, 1.82) is 5.26 Å². The maximum absolute atomic E-state index is 8.54. The number of piperidine rings is 1. The van der Waals surface area contributed by atoms with Gasteiger partial charge >= 0.3 is 0 Å². The Morgan fingerprint density at radius 2 is 2.60 bits per heavy atom. The molecule has 2 heteroatoms. The van der Waals surface area contributed by atoms with Crippen molar-refractivity contribution < 1.29 is 0 Å². The molecule has 1 saturated carbocycles. The van der Waals surface area contributed by atoms with Crippen molar-refractivity contribution in [3.63, 3.8) is 0 Å². The number of hydrogen-bond donors (Lipinski definition) is 0. The van der Waals surface area contributed by atoms with Crippen molar-refractivity contribution in [3.8, 4) is 6.07 Å². The predicted octanol–water partition coefficient (Wildman–Crippen LogP) is 0.852. The third-order valence-electron chi connectivity index (χ3n) is 2.91. The summed E-state index contributed by atoms with van der Waals surface area (Å²) in [6.07, 6.45) is 2.09. The lowest BCUT2D eigenvalue weighted by molar-refractivity contribution is 0.338. The number of rotatable bonds is 1. The van der Waals surface area contributed by atoms with Gasteiger partial charge in [0.1, 0.15) is 0 Å². The van der Waals surface area contributed by atoms with E-state index in [4.69, 9.17) is 5.26 Å². The van der Waals surface area contributed by atoms with E-state index >= 15 is 0 Å². The lowest BCUT2D eigenvalue weighted by Crippen LogP contribution is -2.19. The number of nitrogens with zero attached hydrogens (tertiary/aromatic N) is 2. The van der Waals surface area contributed by atoms with Gasteiger partial charge in [0, 0.05) is 24.9 Å². The first kappa shape index (κ1) is 6.18. The van der Waals surface area contributed by atoms with E-state index < -0.39 is 0 Å². The van der Waals surface area contributed by atoms with E-state index in [-0.39, 0.29) is 0 Å². The van der Waals surface area contributed by atoms with Crippen LogP contribution < -0.4 is 0 Å². The molecule has 2 fully saturated rings. The van der Waals surface area contributed by atoms with Crippen LogP contribution in [0.25, 0.3) is 0 Å². The second-order valence-electron chi connectivity index (χ2n) is 3.80. The third-order valence-corrected chi connectivity index (χ3v) is 2.91. The van der Waals surface area contributed by atoms with Crippen molar-refractivity contribution in [2.45, 2.75) is 12.8 Å². The van der Waals surface area contributed by atoms with Crippen LogP contribution in [0, 0.1) is 22.7 Å². The summed E-state index contributed by atoms with van der Waals surface area (Å²) in [5.41, 5.74) is 0.448. The van der Waals surface area contributed by atoms with Crippen LogP contribution in [0.15, 0.2) is 0 Å². The molecule has 1 aliphatic carbocycles. The summed E-state index contributed by atoms with van der Waals surface area (Å²) < 4.78 is 0. The minimum Gasteiger partial charge on any atom is -0.305 e. The maximum Gasteiger partial charge on any atom is 0.0628 e. The Kier molecular flexibility index (Phi) is 1.07. The van der Waals surface area contributed by atoms with Crippen molar-refractivity contribution >= 4 is 0 Å².